The molecule has 0 aromatic carbocycles. The Morgan fingerprint density at radius 1 is 0.485 bits per heavy atom. The molecule has 9 heteroatoms. The molecule has 0 radical (unpaired) electrons. The number of ether oxygens (including phenoxy) is 2. The van der Waals surface area contributed by atoms with E-state index in [1.54, 1.807) is 0 Å². The molecular formula is C57H104NO7P. The first-order chi connectivity index (χ1) is 32.1. The van der Waals surface area contributed by atoms with Gasteiger partial charge in [-0.25, -0.2) is 0 Å². The van der Waals surface area contributed by atoms with Gasteiger partial charge in [0.1, 0.15) is 19.3 Å². The van der Waals surface area contributed by atoms with Crippen molar-refractivity contribution in [3.05, 3.63) is 72.9 Å². The lowest BCUT2D eigenvalue weighted by Crippen LogP contribution is -2.37. The molecule has 0 fully saturated rings. The summed E-state index contributed by atoms with van der Waals surface area (Å²) >= 11 is 0. The van der Waals surface area contributed by atoms with Crippen molar-refractivity contribution < 1.29 is 37.3 Å². The van der Waals surface area contributed by atoms with Crippen LogP contribution in [0.3, 0.4) is 0 Å². The molecule has 0 amide bonds. The molecule has 0 bridgehead atoms. The Morgan fingerprint density at radius 3 is 1.29 bits per heavy atom. The van der Waals surface area contributed by atoms with Crippen LogP contribution in [0.4, 0.5) is 0 Å². The molecule has 0 N–H and O–H groups in total. The molecule has 0 saturated carbocycles. The fraction of sp³-hybridized carbons (Fsp3) is 0.772. The minimum atomic E-state index is -4.55. The second-order valence-corrected chi connectivity index (χ2v) is 20.6. The summed E-state index contributed by atoms with van der Waals surface area (Å²) in [6.07, 6.45) is 65.2. The lowest BCUT2D eigenvalue weighted by atomic mass is 10.0. The van der Waals surface area contributed by atoms with E-state index < -0.39 is 13.9 Å². The van der Waals surface area contributed by atoms with Crippen LogP contribution in [0.5, 0.6) is 0 Å². The van der Waals surface area contributed by atoms with E-state index in [-0.39, 0.29) is 32.2 Å². The average molecular weight is 946 g/mol. The maximum Gasteiger partial charge on any atom is 0.306 e. The standard InChI is InChI=1S/C57H104NO7P/c1-6-8-10-12-14-16-18-20-22-24-26-28-29-31-33-35-37-39-41-43-45-47-49-52-62-54-56(55-64-66(60,61)63-53-51-58(3,4)5)65-57(59)50-48-46-44-42-40-38-36-34-32-30-27-25-23-21-19-17-15-13-11-9-7-2/h9,11,15,17,21,23,27,30,34,36,40,42,56H,6-8,10,12-14,16,18-20,22,24-26,28-29,31-33,35,37-39,41,43-55H2,1-5H3/b11-9-,17-15-,23-21-,30-27-,36-34-,42-40-. The monoisotopic (exact) mass is 946 g/mol. The van der Waals surface area contributed by atoms with E-state index in [1.807, 2.05) is 21.1 Å². The van der Waals surface area contributed by atoms with Gasteiger partial charge in [-0.3, -0.25) is 9.36 Å². The maximum absolute atomic E-state index is 12.7. The van der Waals surface area contributed by atoms with Gasteiger partial charge in [0, 0.05) is 13.0 Å². The number of esters is 1. The second-order valence-electron chi connectivity index (χ2n) is 19.2. The number of hydrogen-bond acceptors (Lipinski definition) is 7. The minimum Gasteiger partial charge on any atom is -0.756 e. The highest BCUT2D eigenvalue weighted by molar-refractivity contribution is 7.45. The summed E-state index contributed by atoms with van der Waals surface area (Å²) in [5.74, 6) is -0.374. The molecule has 0 aliphatic heterocycles. The van der Waals surface area contributed by atoms with E-state index in [4.69, 9.17) is 18.5 Å². The smallest absolute Gasteiger partial charge is 0.306 e. The second kappa shape index (κ2) is 49.4. The van der Waals surface area contributed by atoms with Crippen molar-refractivity contribution in [2.24, 2.45) is 0 Å². The number of hydrogen-bond donors (Lipinski definition) is 0. The van der Waals surface area contributed by atoms with E-state index in [2.05, 4.69) is 86.8 Å². The summed E-state index contributed by atoms with van der Waals surface area (Å²) in [6, 6.07) is 0. The number of allylic oxidation sites excluding steroid dienone is 12. The van der Waals surface area contributed by atoms with Gasteiger partial charge in [-0.1, -0.05) is 228 Å². The lowest BCUT2D eigenvalue weighted by Gasteiger charge is -2.28. The number of phosphoric acid groups is 1. The van der Waals surface area contributed by atoms with Crippen LogP contribution in [0.1, 0.15) is 226 Å². The van der Waals surface area contributed by atoms with Crippen molar-refractivity contribution in [3.63, 3.8) is 0 Å². The highest BCUT2D eigenvalue weighted by Gasteiger charge is 2.20. The third-order valence-corrected chi connectivity index (χ3v) is 12.5. The number of unbranched alkanes of at least 4 members (excludes halogenated alkanes) is 24. The van der Waals surface area contributed by atoms with Crippen molar-refractivity contribution >= 4 is 13.8 Å². The van der Waals surface area contributed by atoms with Gasteiger partial charge in [0.05, 0.1) is 34.4 Å². The van der Waals surface area contributed by atoms with Gasteiger partial charge in [0.25, 0.3) is 7.82 Å². The molecule has 0 aromatic rings. The average Bonchev–Trinajstić information content (AvgIpc) is 3.28. The predicted octanol–water partition coefficient (Wildman–Crippen LogP) is 16.4. The van der Waals surface area contributed by atoms with Crippen LogP contribution in [-0.4, -0.2) is 70.7 Å². The first-order valence-corrected chi connectivity index (χ1v) is 28.6. The zero-order valence-corrected chi connectivity index (χ0v) is 44.5. The van der Waals surface area contributed by atoms with E-state index in [9.17, 15) is 14.3 Å². The Kier molecular flexibility index (Phi) is 47.8. The number of nitrogens with zero attached hydrogens (tertiary/aromatic N) is 1. The van der Waals surface area contributed by atoms with E-state index in [0.29, 0.717) is 24.1 Å². The Balaban J connectivity index is 4.18. The summed E-state index contributed by atoms with van der Waals surface area (Å²) in [5, 5.41) is 0. The van der Waals surface area contributed by atoms with Crippen LogP contribution in [0.25, 0.3) is 0 Å². The van der Waals surface area contributed by atoms with Gasteiger partial charge in [0.15, 0.2) is 0 Å². The van der Waals surface area contributed by atoms with Crippen LogP contribution >= 0.6 is 7.82 Å². The maximum atomic E-state index is 12.7. The van der Waals surface area contributed by atoms with Crippen molar-refractivity contribution in [3.8, 4) is 0 Å². The summed E-state index contributed by atoms with van der Waals surface area (Å²) in [6.45, 7) is 5.26. The molecule has 0 spiro atoms. The van der Waals surface area contributed by atoms with E-state index in [1.165, 1.54) is 135 Å². The van der Waals surface area contributed by atoms with Crippen LogP contribution in [0.2, 0.25) is 0 Å². The normalized spacial score (nSPS) is 14.1. The zero-order chi connectivity index (χ0) is 48.3. The molecular weight excluding hydrogens is 842 g/mol. The largest absolute Gasteiger partial charge is 0.756 e. The number of carbonyl (C=O) groups is 1. The molecule has 0 aliphatic rings. The van der Waals surface area contributed by atoms with Gasteiger partial charge in [0.2, 0.25) is 0 Å². The van der Waals surface area contributed by atoms with Gasteiger partial charge >= 0.3 is 5.97 Å². The van der Waals surface area contributed by atoms with Gasteiger partial charge < -0.3 is 27.9 Å². The molecule has 2 atom stereocenters. The number of quaternary nitrogens is 1. The highest BCUT2D eigenvalue weighted by Crippen LogP contribution is 2.38. The fourth-order valence-corrected chi connectivity index (χ4v) is 8.10. The van der Waals surface area contributed by atoms with Gasteiger partial charge in [-0.15, -0.1) is 0 Å². The number of phosphoric ester groups is 1. The van der Waals surface area contributed by atoms with Crippen LogP contribution in [-0.2, 0) is 27.9 Å². The van der Waals surface area contributed by atoms with E-state index >= 15 is 0 Å². The van der Waals surface area contributed by atoms with Crippen LogP contribution in [0.15, 0.2) is 72.9 Å². The lowest BCUT2D eigenvalue weighted by molar-refractivity contribution is -0.870. The Morgan fingerprint density at radius 2 is 0.879 bits per heavy atom. The molecule has 0 saturated heterocycles. The predicted molar refractivity (Wildman–Crippen MR) is 282 cm³/mol. The minimum absolute atomic E-state index is 0.0154. The SMILES string of the molecule is CC/C=C\C/C=C\C/C=C\C/C=C\C/C=C\C/C=C\CCCCC(=O)OC(COCCCCCCCCCCCCCCCCCCCCCCCCC)COP(=O)([O-])OCC[N+](C)(C)C. The third kappa shape index (κ3) is 52.9. The van der Waals surface area contributed by atoms with Crippen molar-refractivity contribution in [1.82, 2.24) is 0 Å². The zero-order valence-electron chi connectivity index (χ0n) is 43.6. The third-order valence-electron chi connectivity index (χ3n) is 11.5. The first-order valence-electron chi connectivity index (χ1n) is 27.2. The molecule has 0 aliphatic carbocycles. The first kappa shape index (κ1) is 63.9. The molecule has 0 rings (SSSR count). The molecule has 8 nitrogen and oxygen atoms in total. The molecule has 384 valence electrons. The van der Waals surface area contributed by atoms with Crippen molar-refractivity contribution in [2.75, 3.05) is 54.1 Å². The molecule has 66 heavy (non-hydrogen) atoms. The summed E-state index contributed by atoms with van der Waals surface area (Å²) in [4.78, 5) is 25.2. The summed E-state index contributed by atoms with van der Waals surface area (Å²) < 4.78 is 34.7. The molecule has 0 heterocycles. The number of carbonyl (C=O) groups excluding carboxylic acids is 1. The number of likely N-dealkylation sites (N-methyl/N-ethyl adjacent to an activating group) is 1. The van der Waals surface area contributed by atoms with Gasteiger partial charge in [-0.05, 0) is 64.2 Å². The van der Waals surface area contributed by atoms with Crippen LogP contribution in [0, 0.1) is 0 Å². The molecule has 0 aromatic heterocycles. The Hall–Kier alpha value is -2.06. The number of rotatable bonds is 50. The van der Waals surface area contributed by atoms with E-state index in [0.717, 1.165) is 64.2 Å². The van der Waals surface area contributed by atoms with Gasteiger partial charge in [-0.2, -0.15) is 0 Å². The Labute approximate surface area is 408 Å². The topological polar surface area (TPSA) is 94.1 Å². The summed E-state index contributed by atoms with van der Waals surface area (Å²) in [7, 11) is 1.33. The highest BCUT2D eigenvalue weighted by atomic mass is 31.2. The quantitative estimate of drug-likeness (QED) is 0.0197. The Bertz CT molecular complexity index is 1280. The van der Waals surface area contributed by atoms with Crippen molar-refractivity contribution in [2.45, 2.75) is 232 Å². The van der Waals surface area contributed by atoms with Crippen molar-refractivity contribution in [1.29, 1.82) is 0 Å². The van der Waals surface area contributed by atoms with Crippen LogP contribution < -0.4 is 4.89 Å². The fourth-order valence-electron chi connectivity index (χ4n) is 7.37. The summed E-state index contributed by atoms with van der Waals surface area (Å²) in [5.41, 5.74) is 0. The molecule has 2 unspecified atom stereocenters.